The zero-order chi connectivity index (χ0) is 6.78. The van der Waals surface area contributed by atoms with Gasteiger partial charge in [-0.05, 0) is 5.92 Å². The second-order valence-electron chi connectivity index (χ2n) is 1.02. The number of hydrogen-bond acceptors (Lipinski definition) is 1. The van der Waals surface area contributed by atoms with E-state index in [1.165, 1.54) is 0 Å². The molecule has 0 bridgehead atoms. The van der Waals surface area contributed by atoms with E-state index < -0.39 is 11.9 Å². The highest BCUT2D eigenvalue weighted by molar-refractivity contribution is 5.79. The molecular formula is C4H2F2O2. The number of carbonyl (C=O) groups is 1. The summed E-state index contributed by atoms with van der Waals surface area (Å²) in [5.74, 6) is -5.50. The lowest BCUT2D eigenvalue weighted by molar-refractivity contribution is -0.156. The van der Waals surface area contributed by atoms with Crippen molar-refractivity contribution in [2.75, 3.05) is 0 Å². The van der Waals surface area contributed by atoms with Gasteiger partial charge in [-0.1, -0.05) is 0 Å². The number of carboxylic acids is 1. The summed E-state index contributed by atoms with van der Waals surface area (Å²) in [6.45, 7) is 0. The first kappa shape index (κ1) is 6.89. The van der Waals surface area contributed by atoms with Gasteiger partial charge in [0, 0.05) is 0 Å². The fourth-order valence-corrected chi connectivity index (χ4v) is 0.0617. The van der Waals surface area contributed by atoms with Gasteiger partial charge in [0.05, 0.1) is 0 Å². The van der Waals surface area contributed by atoms with Crippen LogP contribution in [0.5, 0.6) is 0 Å². The Kier molecular flexibility index (Phi) is 1.53. The summed E-state index contributed by atoms with van der Waals surface area (Å²) in [6.07, 6.45) is 4.13. The van der Waals surface area contributed by atoms with Crippen LogP contribution in [0.15, 0.2) is 0 Å². The molecule has 0 fully saturated rings. The molecule has 0 aliphatic heterocycles. The minimum absolute atomic E-state index is 0.808. The summed E-state index contributed by atoms with van der Waals surface area (Å²) in [7, 11) is 0. The van der Waals surface area contributed by atoms with Crippen LogP contribution in [0.3, 0.4) is 0 Å². The number of hydrogen-bond donors (Lipinski definition) is 1. The largest absolute Gasteiger partial charge is 0.476 e. The zero-order valence-electron chi connectivity index (χ0n) is 3.69. The number of alkyl halides is 2. The van der Waals surface area contributed by atoms with Gasteiger partial charge in [-0.2, -0.15) is 8.78 Å². The van der Waals surface area contributed by atoms with Gasteiger partial charge in [0.2, 0.25) is 0 Å². The first-order valence-electron chi connectivity index (χ1n) is 1.59. The van der Waals surface area contributed by atoms with Gasteiger partial charge >= 0.3 is 11.9 Å². The molecule has 0 aliphatic carbocycles. The van der Waals surface area contributed by atoms with Gasteiger partial charge in [-0.15, -0.1) is 6.42 Å². The molecule has 0 heterocycles. The second-order valence-corrected chi connectivity index (χ2v) is 1.02. The number of carboxylic acid groups (broad SMARTS) is 1. The van der Waals surface area contributed by atoms with Crippen molar-refractivity contribution in [1.82, 2.24) is 0 Å². The van der Waals surface area contributed by atoms with Crippen LogP contribution < -0.4 is 0 Å². The quantitative estimate of drug-likeness (QED) is 0.506. The second kappa shape index (κ2) is 1.78. The Hall–Kier alpha value is -1.11. The van der Waals surface area contributed by atoms with Crippen molar-refractivity contribution in [2.24, 2.45) is 0 Å². The summed E-state index contributed by atoms with van der Waals surface area (Å²) in [4.78, 5) is 9.36. The van der Waals surface area contributed by atoms with E-state index in [0.717, 1.165) is 5.92 Å². The molecule has 0 saturated carbocycles. The highest BCUT2D eigenvalue weighted by atomic mass is 19.3. The molecule has 0 radical (unpaired) electrons. The molecule has 0 rings (SSSR count). The molecule has 0 aromatic rings. The molecule has 0 amide bonds. The van der Waals surface area contributed by atoms with Crippen LogP contribution in [0.25, 0.3) is 0 Å². The van der Waals surface area contributed by atoms with E-state index in [2.05, 4.69) is 6.42 Å². The van der Waals surface area contributed by atoms with E-state index in [1.807, 2.05) is 0 Å². The van der Waals surface area contributed by atoms with Crippen molar-refractivity contribution in [3.8, 4) is 12.3 Å². The highest BCUT2D eigenvalue weighted by Gasteiger charge is 2.35. The number of rotatable bonds is 1. The normalized spacial score (nSPS) is 10.1. The number of terminal acetylenes is 1. The summed E-state index contributed by atoms with van der Waals surface area (Å²) < 4.78 is 22.9. The Morgan fingerprint density at radius 1 is 1.75 bits per heavy atom. The van der Waals surface area contributed by atoms with Gasteiger partial charge in [0.1, 0.15) is 0 Å². The van der Waals surface area contributed by atoms with Gasteiger partial charge in [0.25, 0.3) is 0 Å². The maximum atomic E-state index is 11.4. The molecular weight excluding hydrogens is 118 g/mol. The molecule has 0 spiro atoms. The molecule has 1 N–H and O–H groups in total. The van der Waals surface area contributed by atoms with Crippen LogP contribution in [0.1, 0.15) is 0 Å². The Balaban J connectivity index is 4.19. The Bertz CT molecular complexity index is 145. The number of halogens is 2. The highest BCUT2D eigenvalue weighted by Crippen LogP contribution is 2.09. The van der Waals surface area contributed by atoms with Crippen LogP contribution in [-0.2, 0) is 4.79 Å². The Labute approximate surface area is 44.1 Å². The topological polar surface area (TPSA) is 37.3 Å². The first-order chi connectivity index (χ1) is 3.50. The average molecular weight is 120 g/mol. The van der Waals surface area contributed by atoms with Crippen molar-refractivity contribution >= 4 is 5.97 Å². The number of aliphatic carboxylic acids is 1. The smallest absolute Gasteiger partial charge is 0.402 e. The monoisotopic (exact) mass is 120 g/mol. The van der Waals surface area contributed by atoms with Crippen LogP contribution in [0.2, 0.25) is 0 Å². The molecule has 8 heavy (non-hydrogen) atoms. The molecule has 0 aliphatic rings. The minimum atomic E-state index is -4.01. The van der Waals surface area contributed by atoms with Crippen LogP contribution >= 0.6 is 0 Å². The van der Waals surface area contributed by atoms with Crippen LogP contribution in [-0.4, -0.2) is 17.0 Å². The molecule has 0 aromatic heterocycles. The third kappa shape index (κ3) is 1.19. The summed E-state index contributed by atoms with van der Waals surface area (Å²) in [5.41, 5.74) is 0. The zero-order valence-corrected chi connectivity index (χ0v) is 3.69. The van der Waals surface area contributed by atoms with Crippen molar-refractivity contribution < 1.29 is 18.7 Å². The molecule has 4 heteroatoms. The molecule has 0 aromatic carbocycles. The predicted octanol–water partition coefficient (Wildman–Crippen LogP) is 0.340. The van der Waals surface area contributed by atoms with E-state index in [0.29, 0.717) is 0 Å². The van der Waals surface area contributed by atoms with E-state index >= 15 is 0 Å². The Morgan fingerprint density at radius 2 is 2.12 bits per heavy atom. The average Bonchev–Trinajstić information content (AvgIpc) is 1.67. The SMILES string of the molecule is C#CC(F)(F)C(=O)O. The van der Waals surface area contributed by atoms with Gasteiger partial charge in [0.15, 0.2) is 0 Å². The van der Waals surface area contributed by atoms with E-state index in [1.54, 1.807) is 0 Å². The standard InChI is InChI=1S/C4H2F2O2/c1-2-4(5,6)3(7)8/h1H,(H,7,8). The molecule has 0 unspecified atom stereocenters. The van der Waals surface area contributed by atoms with Crippen LogP contribution in [0, 0.1) is 12.3 Å². The maximum absolute atomic E-state index is 11.4. The molecule has 0 saturated heterocycles. The van der Waals surface area contributed by atoms with Gasteiger partial charge < -0.3 is 5.11 Å². The Morgan fingerprint density at radius 3 is 2.12 bits per heavy atom. The fourth-order valence-electron chi connectivity index (χ4n) is 0.0617. The van der Waals surface area contributed by atoms with Crippen molar-refractivity contribution in [2.45, 2.75) is 5.92 Å². The van der Waals surface area contributed by atoms with Gasteiger partial charge in [-0.3, -0.25) is 0 Å². The molecule has 44 valence electrons. The lowest BCUT2D eigenvalue weighted by atomic mass is 10.4. The predicted molar refractivity (Wildman–Crippen MR) is 21.4 cm³/mol. The summed E-state index contributed by atoms with van der Waals surface area (Å²) in [6, 6.07) is 0. The van der Waals surface area contributed by atoms with Crippen molar-refractivity contribution in [3.63, 3.8) is 0 Å². The summed E-state index contributed by atoms with van der Waals surface area (Å²) >= 11 is 0. The molecule has 2 nitrogen and oxygen atoms in total. The lowest BCUT2D eigenvalue weighted by Gasteiger charge is -1.98. The third-order valence-corrected chi connectivity index (χ3v) is 0.450. The maximum Gasteiger partial charge on any atom is 0.402 e. The van der Waals surface area contributed by atoms with Crippen LogP contribution in [0.4, 0.5) is 8.78 Å². The van der Waals surface area contributed by atoms with Gasteiger partial charge in [-0.25, -0.2) is 4.79 Å². The van der Waals surface area contributed by atoms with E-state index in [-0.39, 0.29) is 0 Å². The minimum Gasteiger partial charge on any atom is -0.476 e. The summed E-state index contributed by atoms with van der Waals surface area (Å²) in [5, 5.41) is 7.55. The fraction of sp³-hybridized carbons (Fsp3) is 0.250. The first-order valence-corrected chi connectivity index (χ1v) is 1.59. The third-order valence-electron chi connectivity index (χ3n) is 0.450. The van der Waals surface area contributed by atoms with E-state index in [9.17, 15) is 13.6 Å². The molecule has 0 atom stereocenters. The van der Waals surface area contributed by atoms with E-state index in [4.69, 9.17) is 5.11 Å². The van der Waals surface area contributed by atoms with Crippen molar-refractivity contribution in [1.29, 1.82) is 0 Å². The lowest BCUT2D eigenvalue weighted by Crippen LogP contribution is -2.25. The van der Waals surface area contributed by atoms with Crippen molar-refractivity contribution in [3.05, 3.63) is 0 Å².